The van der Waals surface area contributed by atoms with Gasteiger partial charge in [0, 0.05) is 12.6 Å². The van der Waals surface area contributed by atoms with Gasteiger partial charge in [-0.05, 0) is 25.0 Å². The summed E-state index contributed by atoms with van der Waals surface area (Å²) < 4.78 is 36.3. The van der Waals surface area contributed by atoms with Gasteiger partial charge in [0.2, 0.25) is 22.7 Å². The molecule has 1 aliphatic heterocycles. The molecule has 2 rings (SSSR count). The van der Waals surface area contributed by atoms with Gasteiger partial charge in [-0.1, -0.05) is 13.8 Å². The molecule has 1 aromatic carbocycles. The zero-order valence-electron chi connectivity index (χ0n) is 13.5. The van der Waals surface area contributed by atoms with E-state index in [1.54, 1.807) is 25.1 Å². The molecule has 23 heavy (non-hydrogen) atoms. The molecule has 0 saturated carbocycles. The molecule has 0 aromatic heterocycles. The van der Waals surface area contributed by atoms with Crippen molar-refractivity contribution in [1.29, 1.82) is 0 Å². The van der Waals surface area contributed by atoms with Crippen LogP contribution in [0.2, 0.25) is 0 Å². The van der Waals surface area contributed by atoms with Crippen LogP contribution in [0.15, 0.2) is 18.2 Å². The fourth-order valence-corrected chi connectivity index (χ4v) is 3.11. The fourth-order valence-electron chi connectivity index (χ4n) is 2.05. The van der Waals surface area contributed by atoms with Crippen molar-refractivity contribution in [2.45, 2.75) is 20.8 Å². The van der Waals surface area contributed by atoms with Crippen molar-refractivity contribution in [1.82, 2.24) is 5.32 Å². The number of benzene rings is 1. The Bertz CT molecular complexity index is 672. The van der Waals surface area contributed by atoms with Crippen molar-refractivity contribution in [2.75, 3.05) is 29.9 Å². The molecule has 8 heteroatoms. The van der Waals surface area contributed by atoms with Crippen LogP contribution in [-0.2, 0) is 14.8 Å². The molecule has 0 aliphatic carbocycles. The third kappa shape index (κ3) is 4.28. The predicted octanol–water partition coefficient (Wildman–Crippen LogP) is 1.34. The van der Waals surface area contributed by atoms with E-state index in [0.29, 0.717) is 29.6 Å². The summed E-state index contributed by atoms with van der Waals surface area (Å²) in [6.45, 7) is 5.83. The molecule has 0 saturated heterocycles. The van der Waals surface area contributed by atoms with Gasteiger partial charge < -0.3 is 14.8 Å². The lowest BCUT2D eigenvalue weighted by molar-refractivity contribution is -0.119. The number of carbonyl (C=O) groups excluding carboxylic acids is 1. The number of sulfonamides is 1. The van der Waals surface area contributed by atoms with Crippen LogP contribution < -0.4 is 19.1 Å². The summed E-state index contributed by atoms with van der Waals surface area (Å²) in [4.78, 5) is 12.1. The minimum Gasteiger partial charge on any atom is -0.454 e. The third-order valence-corrected chi connectivity index (χ3v) is 5.08. The van der Waals surface area contributed by atoms with Gasteiger partial charge in [0.15, 0.2) is 11.5 Å². The third-order valence-electron chi connectivity index (χ3n) is 3.34. The lowest BCUT2D eigenvalue weighted by atomic mass is 10.2. The molecule has 7 nitrogen and oxygen atoms in total. The Balaban J connectivity index is 2.23. The number of nitrogens with one attached hydrogen (secondary N) is 1. The van der Waals surface area contributed by atoms with Gasteiger partial charge in [-0.2, -0.15) is 0 Å². The summed E-state index contributed by atoms with van der Waals surface area (Å²) in [6, 6.07) is 4.82. The van der Waals surface area contributed by atoms with E-state index in [4.69, 9.17) is 9.47 Å². The molecule has 1 amide bonds. The highest BCUT2D eigenvalue weighted by Crippen LogP contribution is 2.36. The molecule has 0 atom stereocenters. The van der Waals surface area contributed by atoms with E-state index >= 15 is 0 Å². The van der Waals surface area contributed by atoms with Crippen molar-refractivity contribution in [3.8, 4) is 11.5 Å². The van der Waals surface area contributed by atoms with Crippen molar-refractivity contribution in [2.24, 2.45) is 5.92 Å². The summed E-state index contributed by atoms with van der Waals surface area (Å²) in [7, 11) is -3.59. The molecule has 0 fully saturated rings. The average molecular weight is 342 g/mol. The quantitative estimate of drug-likeness (QED) is 0.808. The van der Waals surface area contributed by atoms with E-state index in [9.17, 15) is 13.2 Å². The second-order valence-corrected chi connectivity index (χ2v) is 7.82. The number of hydrogen-bond donors (Lipinski definition) is 1. The summed E-state index contributed by atoms with van der Waals surface area (Å²) in [5.74, 6) is 0.890. The van der Waals surface area contributed by atoms with Crippen LogP contribution in [0.3, 0.4) is 0 Å². The normalized spacial score (nSPS) is 13.2. The number of hydrogen-bond acceptors (Lipinski definition) is 5. The molecular formula is C15H22N2O5S. The highest BCUT2D eigenvalue weighted by atomic mass is 32.2. The topological polar surface area (TPSA) is 84.9 Å². The van der Waals surface area contributed by atoms with E-state index in [2.05, 4.69) is 5.32 Å². The van der Waals surface area contributed by atoms with Gasteiger partial charge >= 0.3 is 0 Å². The van der Waals surface area contributed by atoms with Crippen LogP contribution in [0, 0.1) is 5.92 Å². The van der Waals surface area contributed by atoms with Crippen molar-refractivity contribution in [3.63, 3.8) is 0 Å². The first kappa shape index (κ1) is 17.4. The Morgan fingerprint density at radius 1 is 1.30 bits per heavy atom. The predicted molar refractivity (Wildman–Crippen MR) is 87.2 cm³/mol. The molecule has 128 valence electrons. The SMILES string of the molecule is CCS(=O)(=O)N(CC(=O)NCC(C)C)c1ccc2c(c1)OCO2. The lowest BCUT2D eigenvalue weighted by Crippen LogP contribution is -2.42. The van der Waals surface area contributed by atoms with Crippen LogP contribution in [0.4, 0.5) is 5.69 Å². The zero-order valence-corrected chi connectivity index (χ0v) is 14.4. The maximum atomic E-state index is 12.3. The van der Waals surface area contributed by atoms with Crippen LogP contribution in [-0.4, -0.2) is 40.0 Å². The largest absolute Gasteiger partial charge is 0.454 e. The maximum absolute atomic E-state index is 12.3. The summed E-state index contributed by atoms with van der Waals surface area (Å²) in [6.07, 6.45) is 0. The minimum absolute atomic E-state index is 0.0983. The van der Waals surface area contributed by atoms with Gasteiger partial charge in [-0.25, -0.2) is 8.42 Å². The first-order chi connectivity index (χ1) is 10.8. The van der Waals surface area contributed by atoms with Gasteiger partial charge in [-0.3, -0.25) is 9.10 Å². The van der Waals surface area contributed by atoms with Gasteiger partial charge in [0.05, 0.1) is 11.4 Å². The fraction of sp³-hybridized carbons (Fsp3) is 0.533. The van der Waals surface area contributed by atoms with Crippen LogP contribution in [0.1, 0.15) is 20.8 Å². The number of nitrogens with zero attached hydrogens (tertiary/aromatic N) is 1. The highest BCUT2D eigenvalue weighted by Gasteiger charge is 2.25. The maximum Gasteiger partial charge on any atom is 0.240 e. The first-order valence-corrected chi connectivity index (χ1v) is 9.11. The van der Waals surface area contributed by atoms with E-state index in [1.807, 2.05) is 13.8 Å². The number of ether oxygens (including phenoxy) is 2. The van der Waals surface area contributed by atoms with E-state index in [1.165, 1.54) is 0 Å². The number of rotatable bonds is 7. The summed E-state index contributed by atoms with van der Waals surface area (Å²) in [5, 5.41) is 2.73. The standard InChI is InChI=1S/C15H22N2O5S/c1-4-23(19,20)17(9-15(18)16-8-11(2)3)12-5-6-13-14(7-12)22-10-21-13/h5-7,11H,4,8-10H2,1-3H3,(H,16,18). The van der Waals surface area contributed by atoms with Crippen molar-refractivity contribution >= 4 is 21.6 Å². The molecule has 0 bridgehead atoms. The molecule has 0 spiro atoms. The number of anilines is 1. The lowest BCUT2D eigenvalue weighted by Gasteiger charge is -2.23. The molecule has 1 aliphatic rings. The minimum atomic E-state index is -3.59. The zero-order chi connectivity index (χ0) is 17.0. The van der Waals surface area contributed by atoms with Gasteiger partial charge in [-0.15, -0.1) is 0 Å². The van der Waals surface area contributed by atoms with Crippen LogP contribution in [0.5, 0.6) is 11.5 Å². The second kappa shape index (κ2) is 7.08. The molecule has 1 heterocycles. The Hall–Kier alpha value is -1.96. The molecule has 1 aromatic rings. The van der Waals surface area contributed by atoms with Crippen molar-refractivity contribution in [3.05, 3.63) is 18.2 Å². The van der Waals surface area contributed by atoms with Crippen LogP contribution >= 0.6 is 0 Å². The van der Waals surface area contributed by atoms with Crippen LogP contribution in [0.25, 0.3) is 0 Å². The Labute approximate surface area is 136 Å². The van der Waals surface area contributed by atoms with Crippen molar-refractivity contribution < 1.29 is 22.7 Å². The Kier molecular flexibility index (Phi) is 5.35. The Morgan fingerprint density at radius 3 is 2.65 bits per heavy atom. The number of amides is 1. The van der Waals surface area contributed by atoms with E-state index in [0.717, 1.165) is 4.31 Å². The first-order valence-electron chi connectivity index (χ1n) is 7.50. The average Bonchev–Trinajstić information content (AvgIpc) is 2.97. The number of fused-ring (bicyclic) bond motifs is 1. The number of carbonyl (C=O) groups is 1. The van der Waals surface area contributed by atoms with E-state index in [-0.39, 0.29) is 25.0 Å². The molecule has 0 radical (unpaired) electrons. The Morgan fingerprint density at radius 2 is 2.00 bits per heavy atom. The molecular weight excluding hydrogens is 320 g/mol. The van der Waals surface area contributed by atoms with E-state index < -0.39 is 10.0 Å². The monoisotopic (exact) mass is 342 g/mol. The molecule has 1 N–H and O–H groups in total. The summed E-state index contributed by atoms with van der Waals surface area (Å²) >= 11 is 0. The molecule has 0 unspecified atom stereocenters. The van der Waals surface area contributed by atoms with Gasteiger partial charge in [0.1, 0.15) is 6.54 Å². The summed E-state index contributed by atoms with van der Waals surface area (Å²) in [5.41, 5.74) is 0.385. The van der Waals surface area contributed by atoms with Gasteiger partial charge in [0.25, 0.3) is 0 Å². The second-order valence-electron chi connectivity index (χ2n) is 5.64. The smallest absolute Gasteiger partial charge is 0.240 e. The highest BCUT2D eigenvalue weighted by molar-refractivity contribution is 7.92.